The molecule has 0 aliphatic carbocycles. The van der Waals surface area contributed by atoms with Crippen molar-refractivity contribution >= 4 is 0 Å². The predicted molar refractivity (Wildman–Crippen MR) is 74.6 cm³/mol. The Bertz CT molecular complexity index is 302. The zero-order valence-corrected chi connectivity index (χ0v) is 12.1. The summed E-state index contributed by atoms with van der Waals surface area (Å²) in [4.78, 5) is 0. The van der Waals surface area contributed by atoms with Gasteiger partial charge in [-0.25, -0.2) is 0 Å². The average molecular weight is 261 g/mol. The molecule has 0 saturated heterocycles. The van der Waals surface area contributed by atoms with E-state index >= 15 is 0 Å². The van der Waals surface area contributed by atoms with Crippen molar-refractivity contribution in [1.82, 2.24) is 0 Å². The molecule has 0 aromatic heterocycles. The van der Waals surface area contributed by atoms with Gasteiger partial charge in [-0.1, -0.05) is 39.0 Å². The van der Waals surface area contributed by atoms with Crippen molar-refractivity contribution in [2.75, 3.05) is 26.2 Å². The van der Waals surface area contributed by atoms with Gasteiger partial charge in [0.15, 0.2) is 19.6 Å². The van der Waals surface area contributed by atoms with Crippen LogP contribution in [0.2, 0.25) is 0 Å². The van der Waals surface area contributed by atoms with Crippen LogP contribution in [0.5, 0.6) is 0 Å². The molecule has 0 aromatic rings. The molecule has 0 heterocycles. The summed E-state index contributed by atoms with van der Waals surface area (Å²) in [6.45, 7) is 3.75. The van der Waals surface area contributed by atoms with Gasteiger partial charge in [-0.05, 0) is 12.8 Å². The first-order chi connectivity index (χ1) is 9.24. The number of hydrogen-bond acceptors (Lipinski definition) is 3. The van der Waals surface area contributed by atoms with Gasteiger partial charge in [0.25, 0.3) is 0 Å². The Kier molecular flexibility index (Phi) is 10.6. The highest BCUT2D eigenvalue weighted by molar-refractivity contribution is 4.80. The Balaban J connectivity index is 4.03. The molecule has 0 rings (SSSR count). The lowest BCUT2D eigenvalue weighted by Gasteiger charge is -2.31. The average Bonchev–Trinajstić information content (AvgIpc) is 2.39. The molecular formula is C15H25N4+. The second kappa shape index (κ2) is 11.5. The second-order valence-electron chi connectivity index (χ2n) is 5.14. The summed E-state index contributed by atoms with van der Waals surface area (Å²) in [5, 5.41) is 26.6. The van der Waals surface area contributed by atoms with Crippen molar-refractivity contribution in [3.05, 3.63) is 0 Å². The third-order valence-corrected chi connectivity index (χ3v) is 3.45. The minimum Gasteiger partial charge on any atom is -0.288 e. The van der Waals surface area contributed by atoms with E-state index in [1.165, 1.54) is 32.1 Å². The fourth-order valence-corrected chi connectivity index (χ4v) is 2.26. The van der Waals surface area contributed by atoms with Gasteiger partial charge < -0.3 is 0 Å². The maximum Gasteiger partial charge on any atom is 0.168 e. The summed E-state index contributed by atoms with van der Waals surface area (Å²) in [6, 6.07) is 6.35. The van der Waals surface area contributed by atoms with Gasteiger partial charge in [-0.3, -0.25) is 4.48 Å². The molecule has 0 aliphatic rings. The van der Waals surface area contributed by atoms with E-state index in [0.717, 1.165) is 19.4 Å². The van der Waals surface area contributed by atoms with E-state index in [2.05, 4.69) is 25.1 Å². The molecule has 0 N–H and O–H groups in total. The lowest BCUT2D eigenvalue weighted by molar-refractivity contribution is -0.908. The summed E-state index contributed by atoms with van der Waals surface area (Å²) in [6.07, 6.45) is 8.46. The number of nitrogens with zero attached hydrogens (tertiary/aromatic N) is 4. The molecule has 0 spiro atoms. The molecule has 19 heavy (non-hydrogen) atoms. The minimum atomic E-state index is 0.261. The largest absolute Gasteiger partial charge is 0.288 e. The van der Waals surface area contributed by atoms with Crippen LogP contribution in [-0.4, -0.2) is 30.7 Å². The minimum absolute atomic E-state index is 0.261. The van der Waals surface area contributed by atoms with Gasteiger partial charge in [-0.15, -0.1) is 0 Å². The van der Waals surface area contributed by atoms with Crippen molar-refractivity contribution in [2.45, 2.75) is 51.9 Å². The van der Waals surface area contributed by atoms with Crippen LogP contribution >= 0.6 is 0 Å². The predicted octanol–water partition coefficient (Wildman–Crippen LogP) is 3.12. The molecule has 0 radical (unpaired) electrons. The Morgan fingerprint density at radius 1 is 0.684 bits per heavy atom. The van der Waals surface area contributed by atoms with Gasteiger partial charge in [0.05, 0.1) is 6.54 Å². The zero-order valence-electron chi connectivity index (χ0n) is 12.1. The van der Waals surface area contributed by atoms with Gasteiger partial charge >= 0.3 is 0 Å². The highest BCUT2D eigenvalue weighted by Crippen LogP contribution is 2.12. The lowest BCUT2D eigenvalue weighted by atomic mass is 10.1. The van der Waals surface area contributed by atoms with Crippen LogP contribution in [0.4, 0.5) is 0 Å². The van der Waals surface area contributed by atoms with Crippen LogP contribution < -0.4 is 0 Å². The van der Waals surface area contributed by atoms with Gasteiger partial charge in [0.2, 0.25) is 0 Å². The van der Waals surface area contributed by atoms with Crippen LogP contribution in [-0.2, 0) is 0 Å². The molecule has 4 heteroatoms. The first-order valence-corrected chi connectivity index (χ1v) is 7.20. The number of quaternary nitrogens is 1. The molecular weight excluding hydrogens is 236 g/mol. The molecule has 0 aromatic carbocycles. The first kappa shape index (κ1) is 17.4. The second-order valence-corrected chi connectivity index (χ2v) is 5.14. The van der Waals surface area contributed by atoms with E-state index in [1.807, 2.05) is 0 Å². The van der Waals surface area contributed by atoms with Crippen molar-refractivity contribution in [1.29, 1.82) is 15.8 Å². The molecule has 0 bridgehead atoms. The summed E-state index contributed by atoms with van der Waals surface area (Å²) >= 11 is 0. The van der Waals surface area contributed by atoms with E-state index in [0.29, 0.717) is 4.48 Å². The molecule has 0 unspecified atom stereocenters. The van der Waals surface area contributed by atoms with E-state index in [4.69, 9.17) is 15.8 Å². The van der Waals surface area contributed by atoms with Crippen molar-refractivity contribution in [3.63, 3.8) is 0 Å². The first-order valence-electron chi connectivity index (χ1n) is 7.20. The Labute approximate surface area is 117 Å². The van der Waals surface area contributed by atoms with Gasteiger partial charge in [-0.2, -0.15) is 15.8 Å². The monoisotopic (exact) mass is 261 g/mol. The highest BCUT2D eigenvalue weighted by Gasteiger charge is 2.26. The number of nitriles is 3. The lowest BCUT2D eigenvalue weighted by Crippen LogP contribution is -2.49. The normalized spacial score (nSPS) is 10.4. The van der Waals surface area contributed by atoms with Crippen LogP contribution in [0.15, 0.2) is 0 Å². The number of rotatable bonds is 11. The summed E-state index contributed by atoms with van der Waals surface area (Å²) in [5.74, 6) is 0. The molecule has 0 saturated carbocycles. The van der Waals surface area contributed by atoms with Crippen LogP contribution in [0.1, 0.15) is 51.9 Å². The Morgan fingerprint density at radius 3 is 1.53 bits per heavy atom. The van der Waals surface area contributed by atoms with Crippen LogP contribution in [0, 0.1) is 34.0 Å². The Morgan fingerprint density at radius 2 is 1.11 bits per heavy atom. The zero-order chi connectivity index (χ0) is 14.4. The molecule has 0 amide bonds. The summed E-state index contributed by atoms with van der Waals surface area (Å²) in [5.41, 5.74) is 0. The fraction of sp³-hybridized carbons (Fsp3) is 0.800. The molecule has 0 fully saturated rings. The number of unbranched alkanes of at least 4 members (excludes halogenated alkanes) is 6. The third kappa shape index (κ3) is 8.20. The van der Waals surface area contributed by atoms with Crippen LogP contribution in [0.25, 0.3) is 0 Å². The molecule has 0 atom stereocenters. The highest BCUT2D eigenvalue weighted by atomic mass is 15.3. The standard InChI is InChI=1S/C15H25N4/c1-2-3-4-5-6-7-8-12-19(13-9-16,14-10-17)15-11-18/h2-8,12-15H2,1H3/q+1. The third-order valence-electron chi connectivity index (χ3n) is 3.45. The van der Waals surface area contributed by atoms with Crippen molar-refractivity contribution in [3.8, 4) is 18.2 Å². The SMILES string of the molecule is CCCCCCCCC[N+](CC#N)(CC#N)CC#N. The van der Waals surface area contributed by atoms with Crippen LogP contribution in [0.3, 0.4) is 0 Å². The van der Waals surface area contributed by atoms with Crippen molar-refractivity contribution < 1.29 is 4.48 Å². The summed E-state index contributed by atoms with van der Waals surface area (Å²) in [7, 11) is 0. The molecule has 0 aliphatic heterocycles. The van der Waals surface area contributed by atoms with Gasteiger partial charge in [0.1, 0.15) is 18.2 Å². The smallest absolute Gasteiger partial charge is 0.168 e. The number of hydrogen-bond donors (Lipinski definition) is 0. The Hall–Kier alpha value is -1.57. The maximum atomic E-state index is 8.87. The van der Waals surface area contributed by atoms with E-state index in [1.54, 1.807) is 0 Å². The topological polar surface area (TPSA) is 71.4 Å². The van der Waals surface area contributed by atoms with Crippen molar-refractivity contribution in [2.24, 2.45) is 0 Å². The molecule has 104 valence electrons. The fourth-order valence-electron chi connectivity index (χ4n) is 2.26. The van der Waals surface area contributed by atoms with Gasteiger partial charge in [0, 0.05) is 0 Å². The summed E-state index contributed by atoms with van der Waals surface area (Å²) < 4.78 is 0.318. The maximum absolute atomic E-state index is 8.87. The molecule has 4 nitrogen and oxygen atoms in total. The van der Waals surface area contributed by atoms with E-state index in [-0.39, 0.29) is 19.6 Å². The van der Waals surface area contributed by atoms with E-state index < -0.39 is 0 Å². The quantitative estimate of drug-likeness (QED) is 0.326. The van der Waals surface area contributed by atoms with E-state index in [9.17, 15) is 0 Å².